The van der Waals surface area contributed by atoms with Crippen molar-refractivity contribution in [3.05, 3.63) is 0 Å². The van der Waals surface area contributed by atoms with E-state index in [0.29, 0.717) is 12.8 Å². The van der Waals surface area contributed by atoms with Gasteiger partial charge in [0.1, 0.15) is 0 Å². The van der Waals surface area contributed by atoms with E-state index < -0.39 is 0 Å². The van der Waals surface area contributed by atoms with Gasteiger partial charge in [-0.05, 0) is 24.3 Å². The maximum absolute atomic E-state index is 11.8. The van der Waals surface area contributed by atoms with E-state index in [0.717, 1.165) is 23.0 Å². The average Bonchev–Trinajstić information content (AvgIpc) is 2.89. The normalized spacial score (nSPS) is 11.1. The Balaban J connectivity index is 3.27. The number of carbonyl (C=O) groups is 2. The summed E-state index contributed by atoms with van der Waals surface area (Å²) >= 11 is 3.63. The topological polar surface area (TPSA) is 52.6 Å². The van der Waals surface area contributed by atoms with Gasteiger partial charge >= 0.3 is 11.9 Å². The Morgan fingerprint density at radius 1 is 0.432 bits per heavy atom. The van der Waals surface area contributed by atoms with Gasteiger partial charge in [-0.2, -0.15) is 23.5 Å². The Morgan fingerprint density at radius 2 is 0.730 bits per heavy atom. The molecule has 0 unspecified atom stereocenters. The first-order chi connectivity index (χ1) is 18.2. The third-order valence-corrected chi connectivity index (χ3v) is 8.77. The van der Waals surface area contributed by atoms with Crippen molar-refractivity contribution in [1.82, 2.24) is 0 Å². The molecule has 0 aliphatic carbocycles. The predicted octanol–water partition coefficient (Wildman–Crippen LogP) is 10.1. The Morgan fingerprint density at radius 3 is 1.05 bits per heavy atom. The zero-order chi connectivity index (χ0) is 27.1. The van der Waals surface area contributed by atoms with Crippen molar-refractivity contribution in [2.24, 2.45) is 0 Å². The fraction of sp³-hybridized carbons (Fsp3) is 0.935. The Kier molecular flexibility index (Phi) is 31.5. The monoisotopic (exact) mass is 560 g/mol. The fourth-order valence-electron chi connectivity index (χ4n) is 4.20. The summed E-state index contributed by atoms with van der Waals surface area (Å²) in [7, 11) is 0. The van der Waals surface area contributed by atoms with Gasteiger partial charge in [0.2, 0.25) is 6.79 Å². The van der Waals surface area contributed by atoms with Crippen molar-refractivity contribution in [1.29, 1.82) is 0 Å². The van der Waals surface area contributed by atoms with Crippen molar-refractivity contribution in [3.8, 4) is 0 Å². The molecule has 0 saturated carbocycles. The van der Waals surface area contributed by atoms with E-state index >= 15 is 0 Å². The van der Waals surface area contributed by atoms with Crippen LogP contribution in [0.15, 0.2) is 0 Å². The second kappa shape index (κ2) is 31.9. The predicted molar refractivity (Wildman–Crippen MR) is 165 cm³/mol. The molecule has 0 rings (SSSR count). The number of unbranched alkanes of at least 4 members (excludes halogenated alkanes) is 18. The summed E-state index contributed by atoms with van der Waals surface area (Å²) in [6.45, 7) is 4.28. The van der Waals surface area contributed by atoms with Crippen LogP contribution < -0.4 is 0 Å². The van der Waals surface area contributed by atoms with Gasteiger partial charge in [-0.1, -0.05) is 129 Å². The number of carbonyl (C=O) groups excluding carboxylic acids is 2. The third kappa shape index (κ3) is 31.8. The maximum Gasteiger partial charge on any atom is 0.309 e. The third-order valence-electron chi connectivity index (χ3n) is 6.63. The lowest BCUT2D eigenvalue weighted by molar-refractivity contribution is -0.166. The van der Waals surface area contributed by atoms with Crippen LogP contribution in [0.4, 0.5) is 0 Å². The van der Waals surface area contributed by atoms with E-state index in [-0.39, 0.29) is 18.7 Å². The first-order valence-electron chi connectivity index (χ1n) is 15.7. The molecule has 4 nitrogen and oxygen atoms in total. The summed E-state index contributed by atoms with van der Waals surface area (Å²) in [4.78, 5) is 23.6. The Hall–Kier alpha value is -0.360. The van der Waals surface area contributed by atoms with Crippen LogP contribution in [0.2, 0.25) is 0 Å². The number of esters is 2. The van der Waals surface area contributed by atoms with Crippen LogP contribution in [0.1, 0.15) is 155 Å². The fourth-order valence-corrected chi connectivity index (χ4v) is 6.05. The van der Waals surface area contributed by atoms with Gasteiger partial charge in [0.05, 0.1) is 12.8 Å². The molecule has 0 aliphatic rings. The molecular weight excluding hydrogens is 500 g/mol. The van der Waals surface area contributed by atoms with Crippen molar-refractivity contribution in [2.75, 3.05) is 29.8 Å². The molecule has 0 heterocycles. The van der Waals surface area contributed by atoms with Crippen LogP contribution in [0.25, 0.3) is 0 Å². The van der Waals surface area contributed by atoms with E-state index in [9.17, 15) is 9.59 Å². The molecule has 0 atom stereocenters. The second-order valence-electron chi connectivity index (χ2n) is 10.2. The maximum atomic E-state index is 11.8. The van der Waals surface area contributed by atoms with Crippen molar-refractivity contribution >= 4 is 35.5 Å². The zero-order valence-corrected chi connectivity index (χ0v) is 26.2. The molecule has 0 saturated heterocycles. The highest BCUT2D eigenvalue weighted by molar-refractivity contribution is 7.99. The lowest BCUT2D eigenvalue weighted by Crippen LogP contribution is -2.13. The minimum atomic E-state index is -0.279. The van der Waals surface area contributed by atoms with Crippen LogP contribution in [0, 0.1) is 0 Å². The molecule has 0 fully saturated rings. The first-order valence-corrected chi connectivity index (χ1v) is 18.0. The van der Waals surface area contributed by atoms with Gasteiger partial charge in [0, 0.05) is 11.5 Å². The number of hydrogen-bond acceptors (Lipinski definition) is 6. The molecule has 0 spiro atoms. The van der Waals surface area contributed by atoms with Gasteiger partial charge in [0.15, 0.2) is 0 Å². The van der Waals surface area contributed by atoms with E-state index in [1.54, 1.807) is 0 Å². The van der Waals surface area contributed by atoms with Gasteiger partial charge in [-0.15, -0.1) is 0 Å². The Labute approximate surface area is 238 Å². The minimum absolute atomic E-state index is 0.246. The quantitative estimate of drug-likeness (QED) is 0.0495. The SMILES string of the molecule is CCCCCCCCCCCCSCCC(=O)OCOC(=O)CCSCCCCCCCCCCCC. The molecular formula is C31H60O4S2. The largest absolute Gasteiger partial charge is 0.428 e. The van der Waals surface area contributed by atoms with E-state index in [2.05, 4.69) is 13.8 Å². The summed E-state index contributed by atoms with van der Waals surface area (Å²) in [6, 6.07) is 0. The number of rotatable bonds is 30. The van der Waals surface area contributed by atoms with E-state index in [1.165, 1.54) is 128 Å². The molecule has 0 amide bonds. The van der Waals surface area contributed by atoms with Crippen molar-refractivity contribution in [3.63, 3.8) is 0 Å². The van der Waals surface area contributed by atoms with E-state index in [4.69, 9.17) is 9.47 Å². The summed E-state index contributed by atoms with van der Waals surface area (Å²) in [6.07, 6.45) is 27.7. The lowest BCUT2D eigenvalue weighted by Gasteiger charge is -2.07. The highest BCUT2D eigenvalue weighted by Crippen LogP contribution is 2.14. The highest BCUT2D eigenvalue weighted by Gasteiger charge is 2.07. The van der Waals surface area contributed by atoms with Crippen molar-refractivity contribution in [2.45, 2.75) is 155 Å². The summed E-state index contributed by atoms with van der Waals surface area (Å²) in [5.41, 5.74) is 0. The summed E-state index contributed by atoms with van der Waals surface area (Å²) in [5, 5.41) is 0. The van der Waals surface area contributed by atoms with Gasteiger partial charge < -0.3 is 9.47 Å². The smallest absolute Gasteiger partial charge is 0.309 e. The molecule has 0 aromatic heterocycles. The average molecular weight is 561 g/mol. The number of thioether (sulfide) groups is 2. The van der Waals surface area contributed by atoms with Crippen LogP contribution >= 0.6 is 23.5 Å². The van der Waals surface area contributed by atoms with Crippen LogP contribution in [-0.2, 0) is 19.1 Å². The molecule has 0 bridgehead atoms. The Bertz CT molecular complexity index is 446. The first kappa shape index (κ1) is 36.6. The molecule has 0 aliphatic heterocycles. The molecule has 0 radical (unpaired) electrons. The molecule has 0 aromatic rings. The van der Waals surface area contributed by atoms with E-state index in [1.807, 2.05) is 23.5 Å². The number of ether oxygens (including phenoxy) is 2. The standard InChI is InChI=1S/C31H60O4S2/c1-3-5-7-9-11-13-15-17-19-21-25-36-27-23-30(32)34-29-35-31(33)24-28-37-26-22-20-18-16-14-12-10-8-6-4-2/h3-29H2,1-2H3. The molecule has 6 heteroatoms. The highest BCUT2D eigenvalue weighted by atomic mass is 32.2. The molecule has 0 N–H and O–H groups in total. The summed E-state index contributed by atoms with van der Waals surface area (Å²) in [5.74, 6) is 3.21. The number of hydrogen-bond donors (Lipinski definition) is 0. The lowest BCUT2D eigenvalue weighted by atomic mass is 10.1. The molecule has 220 valence electrons. The summed E-state index contributed by atoms with van der Waals surface area (Å²) < 4.78 is 10.1. The van der Waals surface area contributed by atoms with Gasteiger partial charge in [0.25, 0.3) is 0 Å². The van der Waals surface area contributed by atoms with Crippen LogP contribution in [-0.4, -0.2) is 41.7 Å². The van der Waals surface area contributed by atoms with Gasteiger partial charge in [-0.25, -0.2) is 0 Å². The zero-order valence-electron chi connectivity index (χ0n) is 24.5. The minimum Gasteiger partial charge on any atom is -0.428 e. The molecule has 0 aromatic carbocycles. The van der Waals surface area contributed by atoms with Gasteiger partial charge in [-0.3, -0.25) is 9.59 Å². The second-order valence-corrected chi connectivity index (χ2v) is 12.7. The molecule has 37 heavy (non-hydrogen) atoms. The van der Waals surface area contributed by atoms with Crippen LogP contribution in [0.5, 0.6) is 0 Å². The van der Waals surface area contributed by atoms with Crippen molar-refractivity contribution < 1.29 is 19.1 Å². The van der Waals surface area contributed by atoms with Crippen LogP contribution in [0.3, 0.4) is 0 Å².